The molecule has 2 heterocycles. The predicted molar refractivity (Wildman–Crippen MR) is 70.3 cm³/mol. The Bertz CT molecular complexity index is 510. The minimum Gasteiger partial charge on any atom is -0.396 e. The Morgan fingerprint density at radius 1 is 1.44 bits per heavy atom. The van der Waals surface area contributed by atoms with Gasteiger partial charge in [-0.05, 0) is 18.8 Å². The maximum Gasteiger partial charge on any atom is 0.163 e. The first-order chi connectivity index (χ1) is 8.72. The number of anilines is 1. The summed E-state index contributed by atoms with van der Waals surface area (Å²) >= 11 is 0. The van der Waals surface area contributed by atoms with Crippen molar-refractivity contribution in [1.82, 2.24) is 19.7 Å². The molecule has 0 aliphatic rings. The monoisotopic (exact) mass is 249 g/mol. The number of aryl methyl sites for hydroxylation is 1. The van der Waals surface area contributed by atoms with Crippen molar-refractivity contribution in [1.29, 1.82) is 0 Å². The van der Waals surface area contributed by atoms with Crippen molar-refractivity contribution >= 4 is 16.9 Å². The van der Waals surface area contributed by atoms with Crippen LogP contribution < -0.4 is 5.32 Å². The third-order valence-corrected chi connectivity index (χ3v) is 3.01. The molecule has 2 rings (SSSR count). The van der Waals surface area contributed by atoms with Gasteiger partial charge in [-0.1, -0.05) is 6.92 Å². The van der Waals surface area contributed by atoms with Crippen molar-refractivity contribution in [3.05, 3.63) is 12.5 Å². The molecule has 0 saturated carbocycles. The average Bonchev–Trinajstić information content (AvgIpc) is 2.77. The lowest BCUT2D eigenvalue weighted by atomic mass is 10.1. The lowest BCUT2D eigenvalue weighted by Gasteiger charge is -2.09. The molecule has 6 nitrogen and oxygen atoms in total. The van der Waals surface area contributed by atoms with Gasteiger partial charge in [-0.3, -0.25) is 4.68 Å². The lowest BCUT2D eigenvalue weighted by molar-refractivity contribution is 0.229. The number of aliphatic hydroxyl groups excluding tert-OH is 1. The maximum atomic E-state index is 8.94. The summed E-state index contributed by atoms with van der Waals surface area (Å²) in [5.74, 6) is 1.18. The molecule has 0 radical (unpaired) electrons. The average molecular weight is 249 g/mol. The van der Waals surface area contributed by atoms with Gasteiger partial charge in [0.2, 0.25) is 0 Å². The van der Waals surface area contributed by atoms with Crippen LogP contribution in [0.25, 0.3) is 11.0 Å². The first-order valence-electron chi connectivity index (χ1n) is 6.19. The minimum atomic E-state index is 0.250. The number of rotatable bonds is 6. The van der Waals surface area contributed by atoms with Crippen molar-refractivity contribution in [2.75, 3.05) is 18.5 Å². The number of nitrogens with one attached hydrogen (secondary N) is 1. The molecule has 0 amide bonds. The Labute approximate surface area is 106 Å². The van der Waals surface area contributed by atoms with Gasteiger partial charge < -0.3 is 10.4 Å². The molecule has 1 unspecified atom stereocenters. The van der Waals surface area contributed by atoms with E-state index in [2.05, 4.69) is 20.4 Å². The minimum absolute atomic E-state index is 0.250. The molecule has 0 aliphatic carbocycles. The number of hydrogen-bond donors (Lipinski definition) is 2. The highest BCUT2D eigenvalue weighted by atomic mass is 16.3. The van der Waals surface area contributed by atoms with Gasteiger partial charge in [0, 0.05) is 20.2 Å². The lowest BCUT2D eigenvalue weighted by Crippen LogP contribution is -2.07. The van der Waals surface area contributed by atoms with Crippen molar-refractivity contribution in [3.8, 4) is 0 Å². The molecular formula is C12H19N5O. The van der Waals surface area contributed by atoms with Crippen LogP contribution in [0.5, 0.6) is 0 Å². The summed E-state index contributed by atoms with van der Waals surface area (Å²) in [7, 11) is 1.86. The second-order valence-electron chi connectivity index (χ2n) is 4.58. The zero-order valence-corrected chi connectivity index (χ0v) is 10.8. The normalized spacial score (nSPS) is 12.8. The number of fused-ring (bicyclic) bond motifs is 1. The number of aromatic nitrogens is 4. The highest BCUT2D eigenvalue weighted by Gasteiger charge is 2.07. The molecule has 0 aliphatic heterocycles. The quantitative estimate of drug-likeness (QED) is 0.752. The van der Waals surface area contributed by atoms with Crippen LogP contribution in [0.4, 0.5) is 5.82 Å². The largest absolute Gasteiger partial charge is 0.396 e. The second kappa shape index (κ2) is 5.77. The fourth-order valence-electron chi connectivity index (χ4n) is 1.85. The van der Waals surface area contributed by atoms with E-state index in [0.29, 0.717) is 5.92 Å². The molecule has 0 aromatic carbocycles. The first-order valence-corrected chi connectivity index (χ1v) is 6.19. The summed E-state index contributed by atoms with van der Waals surface area (Å²) in [6.07, 6.45) is 5.33. The first kappa shape index (κ1) is 12.8. The van der Waals surface area contributed by atoms with E-state index < -0.39 is 0 Å². The van der Waals surface area contributed by atoms with Crippen molar-refractivity contribution in [2.45, 2.75) is 19.8 Å². The van der Waals surface area contributed by atoms with E-state index in [0.717, 1.165) is 36.2 Å². The fourth-order valence-corrected chi connectivity index (χ4v) is 1.85. The SMILES string of the molecule is CC(CO)CCCNc1ncnc2c1cnn2C. The van der Waals surface area contributed by atoms with E-state index >= 15 is 0 Å². The molecule has 1 atom stereocenters. The molecule has 0 spiro atoms. The van der Waals surface area contributed by atoms with Crippen LogP contribution in [0.15, 0.2) is 12.5 Å². The molecule has 0 saturated heterocycles. The molecule has 98 valence electrons. The highest BCUT2D eigenvalue weighted by Crippen LogP contribution is 2.17. The Balaban J connectivity index is 1.95. The number of hydrogen-bond acceptors (Lipinski definition) is 5. The van der Waals surface area contributed by atoms with Crippen LogP contribution in [0.2, 0.25) is 0 Å². The van der Waals surface area contributed by atoms with Crippen molar-refractivity contribution < 1.29 is 5.11 Å². The fraction of sp³-hybridized carbons (Fsp3) is 0.583. The van der Waals surface area contributed by atoms with Gasteiger partial charge in [0.05, 0.1) is 11.6 Å². The van der Waals surface area contributed by atoms with E-state index in [9.17, 15) is 0 Å². The molecule has 0 bridgehead atoms. The topological polar surface area (TPSA) is 75.9 Å². The van der Waals surface area contributed by atoms with Gasteiger partial charge in [-0.2, -0.15) is 5.10 Å². The van der Waals surface area contributed by atoms with E-state index in [1.807, 2.05) is 14.0 Å². The van der Waals surface area contributed by atoms with Gasteiger partial charge >= 0.3 is 0 Å². The Kier molecular flexibility index (Phi) is 4.09. The molecule has 6 heteroatoms. The van der Waals surface area contributed by atoms with Crippen molar-refractivity contribution in [2.24, 2.45) is 13.0 Å². The third-order valence-electron chi connectivity index (χ3n) is 3.01. The van der Waals surface area contributed by atoms with Crippen LogP contribution in [-0.4, -0.2) is 38.0 Å². The Morgan fingerprint density at radius 2 is 2.28 bits per heavy atom. The standard InChI is InChI=1S/C12H19N5O/c1-9(7-18)4-3-5-13-11-10-6-16-17(2)12(10)15-8-14-11/h6,8-9,18H,3-5,7H2,1-2H3,(H,13,14,15). The molecule has 18 heavy (non-hydrogen) atoms. The summed E-state index contributed by atoms with van der Waals surface area (Å²) in [5, 5.41) is 17.3. The number of nitrogens with zero attached hydrogens (tertiary/aromatic N) is 4. The third kappa shape index (κ3) is 2.76. The predicted octanol–water partition coefficient (Wildman–Crippen LogP) is 1.18. The number of aliphatic hydroxyl groups is 1. The Morgan fingerprint density at radius 3 is 3.06 bits per heavy atom. The van der Waals surface area contributed by atoms with Gasteiger partial charge in [0.1, 0.15) is 12.1 Å². The molecule has 0 fully saturated rings. The summed E-state index contributed by atoms with van der Waals surface area (Å²) in [5.41, 5.74) is 0.830. The van der Waals surface area contributed by atoms with Gasteiger partial charge in [0.25, 0.3) is 0 Å². The van der Waals surface area contributed by atoms with E-state index in [1.54, 1.807) is 17.2 Å². The van der Waals surface area contributed by atoms with Gasteiger partial charge in [-0.15, -0.1) is 0 Å². The summed E-state index contributed by atoms with van der Waals surface area (Å²) in [4.78, 5) is 8.42. The van der Waals surface area contributed by atoms with Crippen LogP contribution in [0.1, 0.15) is 19.8 Å². The van der Waals surface area contributed by atoms with Crippen LogP contribution in [0.3, 0.4) is 0 Å². The molecular weight excluding hydrogens is 230 g/mol. The highest BCUT2D eigenvalue weighted by molar-refractivity contribution is 5.85. The summed E-state index contributed by atoms with van der Waals surface area (Å²) in [6.45, 7) is 3.13. The van der Waals surface area contributed by atoms with Gasteiger partial charge in [-0.25, -0.2) is 9.97 Å². The zero-order chi connectivity index (χ0) is 13.0. The van der Waals surface area contributed by atoms with E-state index in [1.165, 1.54) is 0 Å². The van der Waals surface area contributed by atoms with Crippen LogP contribution in [0, 0.1) is 5.92 Å². The molecule has 2 aromatic heterocycles. The van der Waals surface area contributed by atoms with Crippen LogP contribution in [-0.2, 0) is 7.05 Å². The summed E-state index contributed by atoms with van der Waals surface area (Å²) in [6, 6.07) is 0. The van der Waals surface area contributed by atoms with E-state index in [-0.39, 0.29) is 6.61 Å². The van der Waals surface area contributed by atoms with Gasteiger partial charge in [0.15, 0.2) is 5.65 Å². The summed E-state index contributed by atoms with van der Waals surface area (Å²) < 4.78 is 1.73. The molecule has 2 N–H and O–H groups in total. The maximum absolute atomic E-state index is 8.94. The smallest absolute Gasteiger partial charge is 0.163 e. The van der Waals surface area contributed by atoms with E-state index in [4.69, 9.17) is 5.11 Å². The van der Waals surface area contributed by atoms with Crippen LogP contribution >= 0.6 is 0 Å². The second-order valence-corrected chi connectivity index (χ2v) is 4.58. The zero-order valence-electron chi connectivity index (χ0n) is 10.8. The Hall–Kier alpha value is -1.69. The van der Waals surface area contributed by atoms with Crippen molar-refractivity contribution in [3.63, 3.8) is 0 Å². The molecule has 2 aromatic rings.